The van der Waals surface area contributed by atoms with Crippen molar-refractivity contribution in [3.05, 3.63) is 17.5 Å². The van der Waals surface area contributed by atoms with Gasteiger partial charge < -0.3 is 5.32 Å². The van der Waals surface area contributed by atoms with Crippen molar-refractivity contribution in [3.8, 4) is 0 Å². The molecular weight excluding hydrogens is 284 g/mol. The lowest BCUT2D eigenvalue weighted by Gasteiger charge is -2.44. The third-order valence-electron chi connectivity index (χ3n) is 6.60. The van der Waals surface area contributed by atoms with Crippen LogP contribution in [-0.4, -0.2) is 39.4 Å². The second kappa shape index (κ2) is 6.21. The van der Waals surface area contributed by atoms with E-state index in [1.165, 1.54) is 75.7 Å². The first kappa shape index (κ1) is 15.6. The van der Waals surface area contributed by atoms with Crippen LogP contribution in [0, 0.1) is 0 Å². The average Bonchev–Trinajstić information content (AvgIpc) is 3.10. The van der Waals surface area contributed by atoms with E-state index in [0.29, 0.717) is 11.6 Å². The van der Waals surface area contributed by atoms with Crippen molar-refractivity contribution in [1.29, 1.82) is 0 Å². The highest BCUT2D eigenvalue weighted by Gasteiger charge is 2.37. The third kappa shape index (κ3) is 3.20. The minimum absolute atomic E-state index is 0.473. The lowest BCUT2D eigenvalue weighted by atomic mass is 9.79. The summed E-state index contributed by atoms with van der Waals surface area (Å²) in [4.78, 5) is 2.76. The smallest absolute Gasteiger partial charge is 0.0553 e. The van der Waals surface area contributed by atoms with E-state index >= 15 is 0 Å². The van der Waals surface area contributed by atoms with Crippen LogP contribution in [0.2, 0.25) is 0 Å². The Hall–Kier alpha value is -0.870. The molecule has 1 aromatic rings. The summed E-state index contributed by atoms with van der Waals surface area (Å²) in [6.45, 7) is 6.15. The van der Waals surface area contributed by atoms with E-state index in [2.05, 4.69) is 40.2 Å². The second-order valence-electron chi connectivity index (χ2n) is 8.29. The van der Waals surface area contributed by atoms with E-state index in [-0.39, 0.29) is 0 Å². The van der Waals surface area contributed by atoms with Gasteiger partial charge in [-0.15, -0.1) is 0 Å². The van der Waals surface area contributed by atoms with Gasteiger partial charge in [-0.1, -0.05) is 0 Å². The van der Waals surface area contributed by atoms with Crippen molar-refractivity contribution in [1.82, 2.24) is 20.0 Å². The Labute approximate surface area is 140 Å². The number of hydrogen-bond donors (Lipinski definition) is 1. The summed E-state index contributed by atoms with van der Waals surface area (Å²) in [5.41, 5.74) is 3.39. The van der Waals surface area contributed by atoms with E-state index in [1.54, 1.807) is 0 Å². The van der Waals surface area contributed by atoms with Crippen molar-refractivity contribution in [2.24, 2.45) is 7.05 Å². The van der Waals surface area contributed by atoms with E-state index < -0.39 is 0 Å². The van der Waals surface area contributed by atoms with Gasteiger partial charge in [0.2, 0.25) is 0 Å². The largest absolute Gasteiger partial charge is 0.308 e. The Morgan fingerprint density at radius 3 is 2.52 bits per heavy atom. The molecule has 1 N–H and O–H groups in total. The predicted molar refractivity (Wildman–Crippen MR) is 93.5 cm³/mol. The molecule has 3 fully saturated rings. The molecule has 4 nitrogen and oxygen atoms in total. The van der Waals surface area contributed by atoms with Crippen molar-refractivity contribution >= 4 is 0 Å². The molecule has 0 radical (unpaired) electrons. The Morgan fingerprint density at radius 2 is 1.87 bits per heavy atom. The van der Waals surface area contributed by atoms with Crippen molar-refractivity contribution in [2.75, 3.05) is 13.1 Å². The van der Waals surface area contributed by atoms with Gasteiger partial charge in [-0.3, -0.25) is 9.58 Å². The number of nitrogens with one attached hydrogen (secondary N) is 1. The van der Waals surface area contributed by atoms with Crippen LogP contribution < -0.4 is 5.32 Å². The zero-order chi connectivity index (χ0) is 15.9. The molecule has 1 aromatic heterocycles. The molecule has 0 unspecified atom stereocenters. The summed E-state index contributed by atoms with van der Waals surface area (Å²) in [6.07, 6.45) is 13.0. The summed E-state index contributed by atoms with van der Waals surface area (Å²) < 4.78 is 2.08. The summed E-state index contributed by atoms with van der Waals surface area (Å²) in [5.74, 6) is 0.797. The SMILES string of the molecule is Cn1ncc(C2CC2)c1CNC1CCC(C)(N2CCCC2)CC1. The van der Waals surface area contributed by atoms with Crippen LogP contribution in [0.4, 0.5) is 0 Å². The molecule has 2 saturated carbocycles. The van der Waals surface area contributed by atoms with E-state index in [9.17, 15) is 0 Å². The van der Waals surface area contributed by atoms with Crippen LogP contribution in [0.15, 0.2) is 6.20 Å². The van der Waals surface area contributed by atoms with Gasteiger partial charge in [-0.05, 0) is 82.9 Å². The van der Waals surface area contributed by atoms with E-state index in [0.717, 1.165) is 12.5 Å². The van der Waals surface area contributed by atoms with Crippen molar-refractivity contribution in [2.45, 2.75) is 82.3 Å². The molecule has 3 aliphatic rings. The maximum atomic E-state index is 4.49. The third-order valence-corrected chi connectivity index (χ3v) is 6.60. The average molecular weight is 316 g/mol. The van der Waals surface area contributed by atoms with Crippen molar-refractivity contribution < 1.29 is 0 Å². The van der Waals surface area contributed by atoms with Crippen LogP contribution in [0.1, 0.15) is 75.5 Å². The second-order valence-corrected chi connectivity index (χ2v) is 8.29. The van der Waals surface area contributed by atoms with Crippen LogP contribution in [-0.2, 0) is 13.6 Å². The first-order valence-electron chi connectivity index (χ1n) is 9.65. The van der Waals surface area contributed by atoms with Crippen LogP contribution in [0.5, 0.6) is 0 Å². The van der Waals surface area contributed by atoms with Gasteiger partial charge in [0.15, 0.2) is 0 Å². The number of hydrogen-bond acceptors (Lipinski definition) is 3. The molecule has 1 aliphatic heterocycles. The quantitative estimate of drug-likeness (QED) is 0.905. The monoisotopic (exact) mass is 316 g/mol. The van der Waals surface area contributed by atoms with Gasteiger partial charge in [-0.25, -0.2) is 0 Å². The fourth-order valence-electron chi connectivity index (χ4n) is 4.69. The molecular formula is C19H32N4. The fraction of sp³-hybridized carbons (Fsp3) is 0.842. The molecule has 0 amide bonds. The highest BCUT2D eigenvalue weighted by molar-refractivity contribution is 5.26. The predicted octanol–water partition coefficient (Wildman–Crippen LogP) is 3.18. The number of nitrogens with zero attached hydrogens (tertiary/aromatic N) is 3. The summed E-state index contributed by atoms with van der Waals surface area (Å²) in [6, 6.07) is 0.688. The molecule has 4 rings (SSSR count). The van der Waals surface area contributed by atoms with E-state index in [4.69, 9.17) is 0 Å². The number of aromatic nitrogens is 2. The maximum absolute atomic E-state index is 4.49. The molecule has 2 heterocycles. The van der Waals surface area contributed by atoms with Crippen LogP contribution in [0.25, 0.3) is 0 Å². The molecule has 0 bridgehead atoms. The fourth-order valence-corrected chi connectivity index (χ4v) is 4.69. The Morgan fingerprint density at radius 1 is 1.17 bits per heavy atom. The molecule has 0 atom stereocenters. The molecule has 4 heteroatoms. The van der Waals surface area contributed by atoms with E-state index in [1.807, 2.05) is 0 Å². The number of aryl methyl sites for hydroxylation is 1. The highest BCUT2D eigenvalue weighted by Crippen LogP contribution is 2.41. The highest BCUT2D eigenvalue weighted by atomic mass is 15.3. The number of likely N-dealkylation sites (tertiary alicyclic amines) is 1. The molecule has 0 aromatic carbocycles. The van der Waals surface area contributed by atoms with Crippen LogP contribution >= 0.6 is 0 Å². The summed E-state index contributed by atoms with van der Waals surface area (Å²) in [5, 5.41) is 8.32. The molecule has 23 heavy (non-hydrogen) atoms. The van der Waals surface area contributed by atoms with Gasteiger partial charge in [-0.2, -0.15) is 5.10 Å². The minimum Gasteiger partial charge on any atom is -0.308 e. The first-order chi connectivity index (χ1) is 11.2. The molecule has 0 spiro atoms. The Balaban J connectivity index is 1.31. The standard InChI is InChI=1S/C19H32N4/c1-19(23-11-3-4-12-23)9-7-16(8-10-19)20-14-18-17(15-5-6-15)13-21-22(18)2/h13,15-16,20H,3-12,14H2,1-2H3. The normalized spacial score (nSPS) is 32.5. The zero-order valence-electron chi connectivity index (χ0n) is 14.9. The Bertz CT molecular complexity index is 532. The first-order valence-corrected chi connectivity index (χ1v) is 9.65. The lowest BCUT2D eigenvalue weighted by Crippen LogP contribution is -2.49. The maximum Gasteiger partial charge on any atom is 0.0553 e. The number of rotatable bonds is 5. The summed E-state index contributed by atoms with van der Waals surface area (Å²) in [7, 11) is 2.09. The topological polar surface area (TPSA) is 33.1 Å². The Kier molecular flexibility index (Phi) is 4.22. The molecule has 1 saturated heterocycles. The molecule has 128 valence electrons. The van der Waals surface area contributed by atoms with Crippen LogP contribution in [0.3, 0.4) is 0 Å². The van der Waals surface area contributed by atoms with Gasteiger partial charge in [0.05, 0.1) is 11.9 Å². The van der Waals surface area contributed by atoms with Gasteiger partial charge in [0, 0.05) is 25.2 Å². The van der Waals surface area contributed by atoms with Gasteiger partial charge in [0.25, 0.3) is 0 Å². The lowest BCUT2D eigenvalue weighted by molar-refractivity contribution is 0.0794. The zero-order valence-corrected chi connectivity index (χ0v) is 14.9. The van der Waals surface area contributed by atoms with Gasteiger partial charge >= 0.3 is 0 Å². The molecule has 2 aliphatic carbocycles. The minimum atomic E-state index is 0.473. The van der Waals surface area contributed by atoms with Gasteiger partial charge in [0.1, 0.15) is 0 Å². The summed E-state index contributed by atoms with van der Waals surface area (Å²) >= 11 is 0. The van der Waals surface area contributed by atoms with Crippen molar-refractivity contribution in [3.63, 3.8) is 0 Å².